The van der Waals surface area contributed by atoms with Gasteiger partial charge in [0.05, 0.1) is 18.0 Å². The molecule has 5 heterocycles. The fourth-order valence-electron chi connectivity index (χ4n) is 10.4. The molecule has 2 bridgehead atoms. The number of benzene rings is 2. The molecule has 8 rings (SSSR count). The molecule has 1 aliphatic carbocycles. The summed E-state index contributed by atoms with van der Waals surface area (Å²) in [6.07, 6.45) is 7.64. The van der Waals surface area contributed by atoms with Crippen molar-refractivity contribution in [3.63, 3.8) is 0 Å². The zero-order valence-corrected chi connectivity index (χ0v) is 43.8. The van der Waals surface area contributed by atoms with E-state index in [0.29, 0.717) is 68.5 Å². The summed E-state index contributed by atoms with van der Waals surface area (Å²) in [6.45, 7) is 14.8. The number of nitrogens with one attached hydrogen (secondary N) is 5. The van der Waals surface area contributed by atoms with Crippen LogP contribution in [-0.2, 0) is 30.5 Å². The number of esters is 1. The summed E-state index contributed by atoms with van der Waals surface area (Å²) >= 11 is 0. The SMILES string of the molecule is CCOC(=O)C1(C(=O)NC(CCCNC(N)=O)C(=O)Nc2ccc(COc3ccccc3C3=CC(N4CC5CCC(C4)N5c4ccnc(OCCN5CCN(C(=O)OC(C)(C)C)CC5C)c4)=C(N)NN3)cc2)CCC1. The number of hydrazine groups is 1. The average molecular weight is 1040 g/mol. The molecule has 1 aromatic heterocycles. The number of fused-ring (bicyclic) bond motifs is 2. The zero-order valence-electron chi connectivity index (χ0n) is 43.8. The Balaban J connectivity index is 0.847. The van der Waals surface area contributed by atoms with Gasteiger partial charge >= 0.3 is 18.1 Å². The molecule has 5 amide bonds. The second kappa shape index (κ2) is 23.8. The maximum Gasteiger partial charge on any atom is 0.410 e. The maximum atomic E-state index is 13.6. The van der Waals surface area contributed by atoms with Crippen molar-refractivity contribution < 1.29 is 42.9 Å². The number of allylic oxidation sites excluding steroid dienone is 1. The Morgan fingerprint density at radius 2 is 1.69 bits per heavy atom. The molecule has 3 aromatic rings. The van der Waals surface area contributed by atoms with E-state index in [2.05, 4.69) is 65.6 Å². The number of hydrogen-bond donors (Lipinski definition) is 7. The third kappa shape index (κ3) is 13.3. The first kappa shape index (κ1) is 53.9. The summed E-state index contributed by atoms with van der Waals surface area (Å²) in [4.78, 5) is 77.4. The van der Waals surface area contributed by atoms with Gasteiger partial charge in [0.15, 0.2) is 0 Å². The Kier molecular flexibility index (Phi) is 17.1. The molecule has 21 nitrogen and oxygen atoms in total. The molecule has 4 unspecified atom stereocenters. The van der Waals surface area contributed by atoms with E-state index in [0.717, 1.165) is 67.2 Å². The third-order valence-corrected chi connectivity index (χ3v) is 14.5. The summed E-state index contributed by atoms with van der Waals surface area (Å²) < 4.78 is 23.5. The molecule has 9 N–H and O–H groups in total. The van der Waals surface area contributed by atoms with Crippen LogP contribution in [0.15, 0.2) is 84.5 Å². The zero-order chi connectivity index (χ0) is 53.3. The Morgan fingerprint density at radius 3 is 2.37 bits per heavy atom. The van der Waals surface area contributed by atoms with Crippen molar-refractivity contribution in [3.8, 4) is 11.6 Å². The van der Waals surface area contributed by atoms with Crippen LogP contribution in [0.3, 0.4) is 0 Å². The largest absolute Gasteiger partial charge is 0.488 e. The van der Waals surface area contributed by atoms with Crippen molar-refractivity contribution in [2.75, 3.05) is 69.2 Å². The topological polar surface area (TPSA) is 260 Å². The Hall–Kier alpha value is -7.42. The van der Waals surface area contributed by atoms with Crippen molar-refractivity contribution in [1.82, 2.24) is 41.2 Å². The molecule has 0 radical (unpaired) electrons. The normalized spacial score (nSPS) is 20.6. The van der Waals surface area contributed by atoms with Crippen molar-refractivity contribution in [1.29, 1.82) is 0 Å². The first-order valence-electron chi connectivity index (χ1n) is 26.2. The van der Waals surface area contributed by atoms with Crippen LogP contribution in [0.2, 0.25) is 0 Å². The highest BCUT2D eigenvalue weighted by Crippen LogP contribution is 2.43. The Bertz CT molecular complexity index is 2590. The van der Waals surface area contributed by atoms with Gasteiger partial charge in [-0.15, -0.1) is 0 Å². The van der Waals surface area contributed by atoms with Crippen molar-refractivity contribution in [3.05, 3.63) is 95.6 Å². The molecule has 5 aliphatic rings. The lowest BCUT2D eigenvalue weighted by Crippen LogP contribution is -2.56. The number of nitrogens with two attached hydrogens (primary N) is 2. The van der Waals surface area contributed by atoms with Crippen LogP contribution in [0.4, 0.5) is 21.0 Å². The average Bonchev–Trinajstić information content (AvgIpc) is 3.63. The lowest BCUT2D eigenvalue weighted by Gasteiger charge is -2.44. The van der Waals surface area contributed by atoms with Crippen LogP contribution in [0.5, 0.6) is 11.6 Å². The number of nitrogens with zero attached hydrogens (tertiary/aromatic N) is 5. The lowest BCUT2D eigenvalue weighted by molar-refractivity contribution is -0.167. The number of primary amides is 1. The fourth-order valence-corrected chi connectivity index (χ4v) is 10.4. The van der Waals surface area contributed by atoms with Crippen molar-refractivity contribution >= 4 is 47.0 Å². The van der Waals surface area contributed by atoms with Gasteiger partial charge in [-0.1, -0.05) is 30.7 Å². The number of hydrogen-bond acceptors (Lipinski definition) is 16. The molecule has 2 aromatic carbocycles. The minimum atomic E-state index is -1.32. The summed E-state index contributed by atoms with van der Waals surface area (Å²) in [6, 6.07) is 18.1. The van der Waals surface area contributed by atoms with E-state index in [1.54, 1.807) is 24.0 Å². The molecule has 21 heteroatoms. The Labute approximate surface area is 439 Å². The maximum absolute atomic E-state index is 13.6. The van der Waals surface area contributed by atoms with E-state index >= 15 is 0 Å². The summed E-state index contributed by atoms with van der Waals surface area (Å²) in [5, 5.41) is 8.18. The lowest BCUT2D eigenvalue weighted by atomic mass is 9.68. The minimum absolute atomic E-state index is 0.141. The molecule has 0 spiro atoms. The predicted molar refractivity (Wildman–Crippen MR) is 282 cm³/mol. The monoisotopic (exact) mass is 1030 g/mol. The van der Waals surface area contributed by atoms with Gasteiger partial charge in [0.1, 0.15) is 41.8 Å². The van der Waals surface area contributed by atoms with Crippen LogP contribution in [0.1, 0.15) is 90.7 Å². The molecule has 75 heavy (non-hydrogen) atoms. The van der Waals surface area contributed by atoms with Crippen LogP contribution >= 0.6 is 0 Å². The van der Waals surface area contributed by atoms with E-state index in [1.807, 2.05) is 69.4 Å². The molecule has 1 saturated carbocycles. The summed E-state index contributed by atoms with van der Waals surface area (Å²) in [5.74, 6) is 0.173. The number of pyridine rings is 1. The number of rotatable bonds is 20. The molecule has 4 atom stereocenters. The molecule has 4 aliphatic heterocycles. The van der Waals surface area contributed by atoms with E-state index in [-0.39, 0.29) is 50.4 Å². The van der Waals surface area contributed by atoms with Crippen LogP contribution in [0, 0.1) is 5.41 Å². The number of amides is 5. The molecule has 3 saturated heterocycles. The van der Waals surface area contributed by atoms with Gasteiger partial charge in [-0.05, 0) is 115 Å². The standard InChI is InChI=1S/C54H74N12O9/c1-6-72-50(69)54(21-10-22-54)49(68)60-42(12-9-23-58-51(56)70)48(67)59-37-16-14-36(15-17-37)34-74-45-13-8-7-11-41(45)43-30-44(47(55)62-61-43)65-32-39-18-19-40(33-65)66(39)38-20-24-57-46(29-38)73-28-27-63-25-26-64(31-35(63)2)52(71)75-53(3,4)5/h7-8,11,13-17,20,24,29-30,35,39-40,42,61-62H,6,9-10,12,18-19,21-23,25-28,31-34,55H2,1-5H3,(H,59,67)(H,60,68)(H3,56,58,70). The van der Waals surface area contributed by atoms with Gasteiger partial charge in [-0.25, -0.2) is 14.6 Å². The smallest absolute Gasteiger partial charge is 0.410 e. The molecular formula is C54H74N12O9. The van der Waals surface area contributed by atoms with E-state index in [4.69, 9.17) is 30.4 Å². The molecule has 404 valence electrons. The number of carbonyl (C=O) groups excluding carboxylic acids is 5. The fraction of sp³-hybridized carbons (Fsp3) is 0.519. The van der Waals surface area contributed by atoms with Gasteiger partial charge in [0.2, 0.25) is 17.7 Å². The van der Waals surface area contributed by atoms with Crippen LogP contribution in [0.25, 0.3) is 5.70 Å². The highest BCUT2D eigenvalue weighted by atomic mass is 16.6. The van der Waals surface area contributed by atoms with Crippen LogP contribution in [-0.4, -0.2) is 138 Å². The van der Waals surface area contributed by atoms with Gasteiger partial charge < -0.3 is 61.1 Å². The van der Waals surface area contributed by atoms with Gasteiger partial charge in [-0.3, -0.25) is 30.1 Å². The number of urea groups is 1. The number of carbonyl (C=O) groups is 5. The van der Waals surface area contributed by atoms with E-state index in [9.17, 15) is 24.0 Å². The predicted octanol–water partition coefficient (Wildman–Crippen LogP) is 4.52. The second-order valence-corrected chi connectivity index (χ2v) is 20.9. The molecular weight excluding hydrogens is 961 g/mol. The first-order valence-corrected chi connectivity index (χ1v) is 26.2. The number of para-hydroxylation sites is 1. The number of likely N-dealkylation sites (tertiary alicyclic amines) is 1. The summed E-state index contributed by atoms with van der Waals surface area (Å²) in [5.41, 5.74) is 21.5. The van der Waals surface area contributed by atoms with Crippen LogP contribution < -0.4 is 52.6 Å². The Morgan fingerprint density at radius 1 is 0.947 bits per heavy atom. The highest BCUT2D eigenvalue weighted by molar-refractivity contribution is 6.06. The van der Waals surface area contributed by atoms with Gasteiger partial charge in [-0.2, -0.15) is 0 Å². The van der Waals surface area contributed by atoms with Gasteiger partial charge in [0.25, 0.3) is 0 Å². The van der Waals surface area contributed by atoms with Crippen molar-refractivity contribution in [2.24, 2.45) is 16.9 Å². The van der Waals surface area contributed by atoms with E-state index < -0.39 is 40.9 Å². The number of piperazine rings is 2. The first-order chi connectivity index (χ1) is 36.0. The quantitative estimate of drug-likeness (QED) is 0.0467. The number of ether oxygens (including phenoxy) is 4. The molecule has 4 fully saturated rings. The number of aromatic nitrogens is 1. The summed E-state index contributed by atoms with van der Waals surface area (Å²) in [7, 11) is 0. The highest BCUT2D eigenvalue weighted by Gasteiger charge is 2.53. The number of anilines is 2. The van der Waals surface area contributed by atoms with Gasteiger partial charge in [0, 0.05) is 93.1 Å². The van der Waals surface area contributed by atoms with Crippen molar-refractivity contribution in [2.45, 2.75) is 116 Å². The second-order valence-electron chi connectivity index (χ2n) is 20.9. The minimum Gasteiger partial charge on any atom is -0.488 e. The van der Waals surface area contributed by atoms with E-state index in [1.165, 1.54) is 0 Å². The third-order valence-electron chi connectivity index (χ3n) is 14.5.